The number of benzene rings is 2. The summed E-state index contributed by atoms with van der Waals surface area (Å²) in [6.45, 7) is 3.87. The number of hydrogen-bond donors (Lipinski definition) is 1. The highest BCUT2D eigenvalue weighted by atomic mass is 79.9. The molecule has 1 heterocycles. The predicted molar refractivity (Wildman–Crippen MR) is 101 cm³/mol. The van der Waals surface area contributed by atoms with Gasteiger partial charge in [-0.05, 0) is 48.6 Å². The number of para-hydroxylation sites is 1. The first-order valence-electron chi connectivity index (χ1n) is 7.34. The molecule has 0 amide bonds. The van der Waals surface area contributed by atoms with Crippen molar-refractivity contribution in [2.45, 2.75) is 0 Å². The van der Waals surface area contributed by atoms with Gasteiger partial charge in [-0.1, -0.05) is 34.1 Å². The Hall–Kier alpha value is -1.59. The molecule has 1 aliphatic rings. The van der Waals surface area contributed by atoms with Crippen LogP contribution in [0.2, 0.25) is 0 Å². The number of halogens is 1. The van der Waals surface area contributed by atoms with E-state index in [0.717, 1.165) is 41.5 Å². The molecule has 1 fully saturated rings. The molecule has 0 spiro atoms. The summed E-state index contributed by atoms with van der Waals surface area (Å²) in [6.07, 6.45) is 0. The van der Waals surface area contributed by atoms with Crippen molar-refractivity contribution in [1.29, 1.82) is 0 Å². The Morgan fingerprint density at radius 2 is 1.55 bits per heavy atom. The zero-order valence-electron chi connectivity index (χ0n) is 12.2. The number of anilines is 2. The Balaban J connectivity index is 1.54. The molecule has 0 radical (unpaired) electrons. The van der Waals surface area contributed by atoms with Gasteiger partial charge in [-0.3, -0.25) is 0 Å². The SMILES string of the molecule is S=C(Nc1ccc(Br)cc1)N1CCN(c2ccccc2)CC1. The zero-order chi connectivity index (χ0) is 15.4. The molecule has 1 saturated heterocycles. The summed E-state index contributed by atoms with van der Waals surface area (Å²) in [7, 11) is 0. The highest BCUT2D eigenvalue weighted by Gasteiger charge is 2.19. The van der Waals surface area contributed by atoms with Gasteiger partial charge in [-0.15, -0.1) is 0 Å². The van der Waals surface area contributed by atoms with Crippen molar-refractivity contribution in [3.05, 3.63) is 59.1 Å². The third-order valence-corrected chi connectivity index (χ3v) is 4.67. The van der Waals surface area contributed by atoms with Crippen LogP contribution in [-0.2, 0) is 0 Å². The molecule has 114 valence electrons. The van der Waals surface area contributed by atoms with Crippen molar-refractivity contribution in [2.24, 2.45) is 0 Å². The second-order valence-electron chi connectivity index (χ2n) is 5.25. The molecule has 0 saturated carbocycles. The third-order valence-electron chi connectivity index (χ3n) is 3.78. The van der Waals surface area contributed by atoms with Crippen molar-refractivity contribution < 1.29 is 0 Å². The van der Waals surface area contributed by atoms with Gasteiger partial charge >= 0.3 is 0 Å². The largest absolute Gasteiger partial charge is 0.368 e. The van der Waals surface area contributed by atoms with E-state index >= 15 is 0 Å². The van der Waals surface area contributed by atoms with Crippen LogP contribution in [0.3, 0.4) is 0 Å². The molecule has 0 atom stereocenters. The molecule has 2 aromatic rings. The number of nitrogens with one attached hydrogen (secondary N) is 1. The highest BCUT2D eigenvalue weighted by molar-refractivity contribution is 9.10. The lowest BCUT2D eigenvalue weighted by molar-refractivity contribution is 0.391. The Bertz CT molecular complexity index is 622. The van der Waals surface area contributed by atoms with Crippen LogP contribution in [-0.4, -0.2) is 36.2 Å². The van der Waals surface area contributed by atoms with Crippen LogP contribution in [0.1, 0.15) is 0 Å². The lowest BCUT2D eigenvalue weighted by Crippen LogP contribution is -2.50. The molecule has 1 N–H and O–H groups in total. The number of rotatable bonds is 2. The fourth-order valence-corrected chi connectivity index (χ4v) is 3.11. The maximum Gasteiger partial charge on any atom is 0.173 e. The van der Waals surface area contributed by atoms with E-state index in [1.165, 1.54) is 5.69 Å². The molecule has 3 nitrogen and oxygen atoms in total. The van der Waals surface area contributed by atoms with Gasteiger partial charge in [0.15, 0.2) is 5.11 Å². The summed E-state index contributed by atoms with van der Waals surface area (Å²) in [6, 6.07) is 18.6. The van der Waals surface area contributed by atoms with Gasteiger partial charge in [0.2, 0.25) is 0 Å². The summed E-state index contributed by atoms with van der Waals surface area (Å²) in [5.41, 5.74) is 2.31. The Morgan fingerprint density at radius 3 is 2.18 bits per heavy atom. The Kier molecular flexibility index (Phi) is 4.95. The van der Waals surface area contributed by atoms with Gasteiger partial charge < -0.3 is 15.1 Å². The van der Waals surface area contributed by atoms with E-state index in [1.807, 2.05) is 24.3 Å². The molecule has 22 heavy (non-hydrogen) atoms. The molecule has 5 heteroatoms. The smallest absolute Gasteiger partial charge is 0.173 e. The van der Waals surface area contributed by atoms with Crippen molar-refractivity contribution in [2.75, 3.05) is 36.4 Å². The van der Waals surface area contributed by atoms with Gasteiger partial charge in [-0.2, -0.15) is 0 Å². The van der Waals surface area contributed by atoms with E-state index in [1.54, 1.807) is 0 Å². The quantitative estimate of drug-likeness (QED) is 0.800. The third kappa shape index (κ3) is 3.78. The molecule has 0 bridgehead atoms. The van der Waals surface area contributed by atoms with Gasteiger partial charge in [0.1, 0.15) is 0 Å². The molecule has 0 unspecified atom stereocenters. The van der Waals surface area contributed by atoms with Crippen LogP contribution >= 0.6 is 28.1 Å². The second-order valence-corrected chi connectivity index (χ2v) is 6.55. The molecule has 2 aromatic carbocycles. The normalized spacial score (nSPS) is 14.8. The van der Waals surface area contributed by atoms with Gasteiger partial charge in [0.25, 0.3) is 0 Å². The number of hydrogen-bond acceptors (Lipinski definition) is 2. The van der Waals surface area contributed by atoms with Crippen LogP contribution in [0.25, 0.3) is 0 Å². The van der Waals surface area contributed by atoms with Crippen molar-refractivity contribution in [3.8, 4) is 0 Å². The van der Waals surface area contributed by atoms with Crippen LogP contribution in [0, 0.1) is 0 Å². The van der Waals surface area contributed by atoms with Gasteiger partial charge in [0.05, 0.1) is 0 Å². The zero-order valence-corrected chi connectivity index (χ0v) is 14.6. The average molecular weight is 376 g/mol. The standard InChI is InChI=1S/C17H18BrN3S/c18-14-6-8-15(9-7-14)19-17(22)21-12-10-20(11-13-21)16-4-2-1-3-5-16/h1-9H,10-13H2,(H,19,22). The molecular formula is C17H18BrN3S. The average Bonchev–Trinajstić information content (AvgIpc) is 2.58. The molecule has 0 aliphatic carbocycles. The monoisotopic (exact) mass is 375 g/mol. The molecule has 3 rings (SSSR count). The first-order chi connectivity index (χ1) is 10.7. The van der Waals surface area contributed by atoms with Crippen LogP contribution < -0.4 is 10.2 Å². The van der Waals surface area contributed by atoms with E-state index in [-0.39, 0.29) is 0 Å². The van der Waals surface area contributed by atoms with Crippen LogP contribution in [0.5, 0.6) is 0 Å². The van der Waals surface area contributed by atoms with E-state index < -0.39 is 0 Å². The number of piperazine rings is 1. The fourth-order valence-electron chi connectivity index (χ4n) is 2.54. The number of nitrogens with zero attached hydrogens (tertiary/aromatic N) is 2. The Labute approximate surface area is 145 Å². The highest BCUT2D eigenvalue weighted by Crippen LogP contribution is 2.17. The lowest BCUT2D eigenvalue weighted by Gasteiger charge is -2.37. The van der Waals surface area contributed by atoms with E-state index in [9.17, 15) is 0 Å². The maximum absolute atomic E-state index is 5.53. The van der Waals surface area contributed by atoms with Gasteiger partial charge in [0, 0.05) is 42.0 Å². The topological polar surface area (TPSA) is 18.5 Å². The van der Waals surface area contributed by atoms with Crippen molar-refractivity contribution >= 4 is 44.6 Å². The molecule has 0 aromatic heterocycles. The minimum atomic E-state index is 0.801. The predicted octanol–water partition coefficient (Wildman–Crippen LogP) is 3.97. The molecule has 1 aliphatic heterocycles. The molecular weight excluding hydrogens is 358 g/mol. The van der Waals surface area contributed by atoms with E-state index in [0.29, 0.717) is 0 Å². The lowest BCUT2D eigenvalue weighted by atomic mass is 10.2. The van der Waals surface area contributed by atoms with E-state index in [2.05, 4.69) is 61.4 Å². The van der Waals surface area contributed by atoms with Crippen molar-refractivity contribution in [3.63, 3.8) is 0 Å². The minimum Gasteiger partial charge on any atom is -0.368 e. The van der Waals surface area contributed by atoms with E-state index in [4.69, 9.17) is 12.2 Å². The Morgan fingerprint density at radius 1 is 0.909 bits per heavy atom. The van der Waals surface area contributed by atoms with Crippen LogP contribution in [0.15, 0.2) is 59.1 Å². The second kappa shape index (κ2) is 7.11. The first-order valence-corrected chi connectivity index (χ1v) is 8.54. The van der Waals surface area contributed by atoms with Crippen LogP contribution in [0.4, 0.5) is 11.4 Å². The summed E-state index contributed by atoms with van der Waals surface area (Å²) < 4.78 is 1.07. The summed E-state index contributed by atoms with van der Waals surface area (Å²) in [5, 5.41) is 4.11. The summed E-state index contributed by atoms with van der Waals surface area (Å²) in [5.74, 6) is 0. The summed E-state index contributed by atoms with van der Waals surface area (Å²) in [4.78, 5) is 4.63. The minimum absolute atomic E-state index is 0.801. The summed E-state index contributed by atoms with van der Waals surface area (Å²) >= 11 is 8.97. The fraction of sp³-hybridized carbons (Fsp3) is 0.235. The van der Waals surface area contributed by atoms with Gasteiger partial charge in [-0.25, -0.2) is 0 Å². The van der Waals surface area contributed by atoms with Crippen molar-refractivity contribution in [1.82, 2.24) is 4.90 Å². The first kappa shape index (κ1) is 15.3. The maximum atomic E-state index is 5.53. The number of thiocarbonyl (C=S) groups is 1.